The lowest BCUT2D eigenvalue weighted by Crippen LogP contribution is -2.06. The molecule has 35 heavy (non-hydrogen) atoms. The molecular weight excluding hydrogens is 472 g/mol. The lowest BCUT2D eigenvalue weighted by molar-refractivity contribution is 0.0526. The van der Waals surface area contributed by atoms with Crippen molar-refractivity contribution in [1.29, 1.82) is 0 Å². The summed E-state index contributed by atoms with van der Waals surface area (Å²) in [5.41, 5.74) is 2.20. The zero-order valence-electron chi connectivity index (χ0n) is 19.2. The molecule has 1 N–H and O–H groups in total. The number of hydrogen-bond donors (Lipinski definition) is 1. The summed E-state index contributed by atoms with van der Waals surface area (Å²) in [6.07, 6.45) is 0. The van der Waals surface area contributed by atoms with Crippen LogP contribution in [0.5, 0.6) is 11.5 Å². The fraction of sp³-hybridized carbons (Fsp3) is 0.192. The van der Waals surface area contributed by atoms with Gasteiger partial charge in [0.1, 0.15) is 30.1 Å². The Bertz CT molecular complexity index is 1460. The third kappa shape index (κ3) is 5.64. The third-order valence-electron chi connectivity index (χ3n) is 5.24. The normalized spacial score (nSPS) is 11.4. The molecule has 0 radical (unpaired) electrons. The van der Waals surface area contributed by atoms with E-state index in [1.54, 1.807) is 32.0 Å². The van der Waals surface area contributed by atoms with Crippen LogP contribution in [0.4, 0.5) is 0 Å². The van der Waals surface area contributed by atoms with Crippen molar-refractivity contribution < 1.29 is 36.4 Å². The summed E-state index contributed by atoms with van der Waals surface area (Å²) in [7, 11) is -4.35. The van der Waals surface area contributed by atoms with Crippen LogP contribution in [0.15, 0.2) is 76.0 Å². The molecule has 4 rings (SSSR count). The van der Waals surface area contributed by atoms with E-state index in [-0.39, 0.29) is 24.7 Å². The van der Waals surface area contributed by atoms with Gasteiger partial charge in [0.05, 0.1) is 11.5 Å². The molecule has 0 saturated heterocycles. The van der Waals surface area contributed by atoms with Gasteiger partial charge >= 0.3 is 5.97 Å². The highest BCUT2D eigenvalue weighted by Crippen LogP contribution is 2.38. The Labute approximate surface area is 202 Å². The standard InChI is InChI=1S/C26H24O8S/c1-3-31-26(27)25-17(2)34-22-14-24(32-15-18-8-5-4-6-9-18)23(13-21(22)25)33-16-19-10-7-11-20(12-19)35(28,29)30/h4-14H,3,15-16H2,1-2H3,(H,28,29,30). The molecule has 0 amide bonds. The Morgan fingerprint density at radius 2 is 1.57 bits per heavy atom. The van der Waals surface area contributed by atoms with Crippen molar-refractivity contribution in [2.75, 3.05) is 6.61 Å². The molecule has 0 saturated carbocycles. The summed E-state index contributed by atoms with van der Waals surface area (Å²) < 4.78 is 55.3. The van der Waals surface area contributed by atoms with E-state index in [0.717, 1.165) is 5.56 Å². The maximum atomic E-state index is 12.5. The van der Waals surface area contributed by atoms with Gasteiger partial charge in [0.2, 0.25) is 0 Å². The fourth-order valence-corrected chi connectivity index (χ4v) is 4.15. The van der Waals surface area contributed by atoms with Crippen LogP contribution in [0, 0.1) is 6.92 Å². The molecule has 0 bridgehead atoms. The van der Waals surface area contributed by atoms with Crippen molar-refractivity contribution in [2.45, 2.75) is 32.0 Å². The van der Waals surface area contributed by atoms with Gasteiger partial charge in [0.25, 0.3) is 10.1 Å². The maximum Gasteiger partial charge on any atom is 0.342 e. The molecule has 182 valence electrons. The first-order chi connectivity index (χ1) is 16.8. The first kappa shape index (κ1) is 24.3. The summed E-state index contributed by atoms with van der Waals surface area (Å²) in [5, 5.41) is 0.509. The van der Waals surface area contributed by atoms with Gasteiger partial charge in [-0.05, 0) is 43.2 Å². The maximum absolute atomic E-state index is 12.5. The van der Waals surface area contributed by atoms with Crippen LogP contribution in [-0.2, 0) is 28.1 Å². The van der Waals surface area contributed by atoms with Crippen molar-refractivity contribution in [3.8, 4) is 11.5 Å². The number of carbonyl (C=O) groups is 1. The van der Waals surface area contributed by atoms with Crippen LogP contribution in [0.3, 0.4) is 0 Å². The number of carbonyl (C=O) groups excluding carboxylic acids is 1. The van der Waals surface area contributed by atoms with Gasteiger partial charge in [-0.15, -0.1) is 0 Å². The quantitative estimate of drug-likeness (QED) is 0.245. The molecule has 3 aromatic carbocycles. The highest BCUT2D eigenvalue weighted by Gasteiger charge is 2.22. The van der Waals surface area contributed by atoms with E-state index in [0.29, 0.717) is 39.4 Å². The SMILES string of the molecule is CCOC(=O)c1c(C)oc2cc(OCc3ccccc3)c(OCc3cccc(S(=O)(=O)O)c3)cc12. The number of hydrogen-bond acceptors (Lipinski definition) is 7. The van der Waals surface area contributed by atoms with Crippen LogP contribution in [0.1, 0.15) is 34.2 Å². The van der Waals surface area contributed by atoms with Crippen molar-refractivity contribution >= 4 is 27.1 Å². The Hall–Kier alpha value is -3.82. The minimum Gasteiger partial charge on any atom is -0.485 e. The average Bonchev–Trinajstić information content (AvgIpc) is 3.16. The van der Waals surface area contributed by atoms with Crippen LogP contribution >= 0.6 is 0 Å². The zero-order chi connectivity index (χ0) is 25.0. The van der Waals surface area contributed by atoms with Gasteiger partial charge in [-0.25, -0.2) is 4.79 Å². The second-order valence-corrected chi connectivity index (χ2v) is 9.16. The molecule has 8 nitrogen and oxygen atoms in total. The Kier molecular flexibility index (Phi) is 7.09. The largest absolute Gasteiger partial charge is 0.485 e. The number of benzene rings is 3. The third-order valence-corrected chi connectivity index (χ3v) is 6.09. The molecular formula is C26H24O8S. The van der Waals surface area contributed by atoms with Gasteiger partial charge in [-0.3, -0.25) is 4.55 Å². The number of rotatable bonds is 9. The number of esters is 1. The van der Waals surface area contributed by atoms with Crippen LogP contribution < -0.4 is 9.47 Å². The van der Waals surface area contributed by atoms with Crippen molar-refractivity contribution in [1.82, 2.24) is 0 Å². The summed E-state index contributed by atoms with van der Waals surface area (Å²) in [6.45, 7) is 3.88. The second kappa shape index (κ2) is 10.2. The number of aryl methyl sites for hydroxylation is 1. The van der Waals surface area contributed by atoms with Crippen molar-refractivity contribution in [3.05, 3.63) is 89.2 Å². The predicted octanol–water partition coefficient (Wildman–Crippen LogP) is 5.32. The van der Waals surface area contributed by atoms with Gasteiger partial charge in [-0.2, -0.15) is 8.42 Å². The van der Waals surface area contributed by atoms with Gasteiger partial charge in [0, 0.05) is 11.5 Å². The number of furan rings is 1. The summed E-state index contributed by atoms with van der Waals surface area (Å²) in [6, 6.07) is 18.7. The molecule has 0 atom stereocenters. The van der Waals surface area contributed by atoms with Crippen LogP contribution in [-0.4, -0.2) is 25.5 Å². The van der Waals surface area contributed by atoms with E-state index in [4.69, 9.17) is 18.6 Å². The highest BCUT2D eigenvalue weighted by molar-refractivity contribution is 7.85. The molecule has 0 aliphatic heterocycles. The van der Waals surface area contributed by atoms with Crippen LogP contribution in [0.2, 0.25) is 0 Å². The summed E-state index contributed by atoms with van der Waals surface area (Å²) in [4.78, 5) is 12.3. The first-order valence-electron chi connectivity index (χ1n) is 10.9. The molecule has 0 fully saturated rings. The smallest absolute Gasteiger partial charge is 0.342 e. The van der Waals surface area contributed by atoms with Crippen molar-refractivity contribution in [3.63, 3.8) is 0 Å². The molecule has 9 heteroatoms. The lowest BCUT2D eigenvalue weighted by Gasteiger charge is -2.14. The average molecular weight is 497 g/mol. The van der Waals surface area contributed by atoms with E-state index >= 15 is 0 Å². The van der Waals surface area contributed by atoms with E-state index in [1.165, 1.54) is 18.2 Å². The summed E-state index contributed by atoms with van der Waals surface area (Å²) >= 11 is 0. The van der Waals surface area contributed by atoms with E-state index in [2.05, 4.69) is 0 Å². The van der Waals surface area contributed by atoms with E-state index < -0.39 is 16.1 Å². The zero-order valence-corrected chi connectivity index (χ0v) is 20.0. The molecule has 0 aliphatic carbocycles. The fourth-order valence-electron chi connectivity index (χ4n) is 3.60. The topological polar surface area (TPSA) is 112 Å². The molecule has 0 aliphatic rings. The van der Waals surface area contributed by atoms with Gasteiger partial charge < -0.3 is 18.6 Å². The van der Waals surface area contributed by atoms with Gasteiger partial charge in [0.15, 0.2) is 11.5 Å². The van der Waals surface area contributed by atoms with Crippen molar-refractivity contribution in [2.24, 2.45) is 0 Å². The minimum atomic E-state index is -4.35. The first-order valence-corrected chi connectivity index (χ1v) is 12.3. The minimum absolute atomic E-state index is 0.0118. The number of fused-ring (bicyclic) bond motifs is 1. The monoisotopic (exact) mass is 496 g/mol. The Balaban J connectivity index is 1.70. The highest BCUT2D eigenvalue weighted by atomic mass is 32.2. The predicted molar refractivity (Wildman–Crippen MR) is 128 cm³/mol. The molecule has 1 heterocycles. The molecule has 1 aromatic heterocycles. The lowest BCUT2D eigenvalue weighted by atomic mass is 10.1. The Morgan fingerprint density at radius 3 is 2.26 bits per heavy atom. The van der Waals surface area contributed by atoms with Crippen LogP contribution in [0.25, 0.3) is 11.0 Å². The molecule has 4 aromatic rings. The molecule has 0 unspecified atom stereocenters. The summed E-state index contributed by atoms with van der Waals surface area (Å²) in [5.74, 6) is 0.618. The molecule has 0 spiro atoms. The Morgan fingerprint density at radius 1 is 0.914 bits per heavy atom. The van der Waals surface area contributed by atoms with E-state index in [1.807, 2.05) is 30.3 Å². The van der Waals surface area contributed by atoms with E-state index in [9.17, 15) is 17.8 Å². The number of ether oxygens (including phenoxy) is 3. The second-order valence-electron chi connectivity index (χ2n) is 7.73. The van der Waals surface area contributed by atoms with Gasteiger partial charge in [-0.1, -0.05) is 42.5 Å².